The first-order valence-electron chi connectivity index (χ1n) is 9.81. The molecular formula is C21H24F2N2O5S. The minimum atomic E-state index is -3.94. The molecule has 0 atom stereocenters. The van der Waals surface area contributed by atoms with Crippen LogP contribution in [0.25, 0.3) is 0 Å². The summed E-state index contributed by atoms with van der Waals surface area (Å²) < 4.78 is 63.6. The van der Waals surface area contributed by atoms with Gasteiger partial charge >= 0.3 is 0 Å². The Bertz CT molecular complexity index is 1010. The van der Waals surface area contributed by atoms with Gasteiger partial charge in [0.2, 0.25) is 15.9 Å². The Kier molecular flexibility index (Phi) is 7.45. The first-order chi connectivity index (χ1) is 14.8. The van der Waals surface area contributed by atoms with Crippen LogP contribution < -0.4 is 14.8 Å². The van der Waals surface area contributed by atoms with E-state index in [2.05, 4.69) is 5.32 Å². The van der Waals surface area contributed by atoms with Crippen LogP contribution >= 0.6 is 0 Å². The maximum Gasteiger partial charge on any atom is 0.243 e. The number of rotatable bonds is 8. The van der Waals surface area contributed by atoms with Crippen molar-refractivity contribution in [2.75, 3.05) is 33.4 Å². The molecular weight excluding hydrogens is 430 g/mol. The smallest absolute Gasteiger partial charge is 0.243 e. The van der Waals surface area contributed by atoms with E-state index in [1.165, 1.54) is 4.31 Å². The molecule has 0 saturated carbocycles. The van der Waals surface area contributed by atoms with E-state index >= 15 is 0 Å². The molecule has 1 N–H and O–H groups in total. The van der Waals surface area contributed by atoms with E-state index in [0.29, 0.717) is 37.8 Å². The number of halogens is 2. The van der Waals surface area contributed by atoms with Crippen molar-refractivity contribution < 1.29 is 31.5 Å². The van der Waals surface area contributed by atoms with Crippen molar-refractivity contribution >= 4 is 15.9 Å². The quantitative estimate of drug-likeness (QED) is 0.620. The van der Waals surface area contributed by atoms with Gasteiger partial charge in [-0.05, 0) is 55.3 Å². The zero-order valence-corrected chi connectivity index (χ0v) is 17.8. The van der Waals surface area contributed by atoms with E-state index in [1.807, 2.05) is 0 Å². The number of carbonyl (C=O) groups excluding carboxylic acids is 1. The van der Waals surface area contributed by atoms with Crippen LogP contribution in [0, 0.1) is 17.6 Å². The summed E-state index contributed by atoms with van der Waals surface area (Å²) in [6.07, 6.45) is 0.683. The highest BCUT2D eigenvalue weighted by Gasteiger charge is 2.32. The molecule has 0 spiro atoms. The summed E-state index contributed by atoms with van der Waals surface area (Å²) in [7, 11) is -2.36. The average molecular weight is 454 g/mol. The van der Waals surface area contributed by atoms with Crippen molar-refractivity contribution in [2.45, 2.75) is 17.7 Å². The van der Waals surface area contributed by atoms with Crippen LogP contribution in [0.2, 0.25) is 0 Å². The highest BCUT2D eigenvalue weighted by atomic mass is 32.2. The van der Waals surface area contributed by atoms with Crippen LogP contribution in [0.3, 0.4) is 0 Å². The third-order valence-corrected chi connectivity index (χ3v) is 6.98. The summed E-state index contributed by atoms with van der Waals surface area (Å²) in [6, 6.07) is 9.58. The standard InChI is InChI=1S/C21H24F2N2O5S/c1-29-16-2-4-17(5-3-16)30-13-10-24-21(26)15-8-11-25(12-9-15)31(27,28)18-6-7-19(22)20(23)14-18/h2-7,14-15H,8-13H2,1H3,(H,24,26). The third-order valence-electron chi connectivity index (χ3n) is 5.08. The first kappa shape index (κ1) is 23.0. The minimum Gasteiger partial charge on any atom is -0.497 e. The fourth-order valence-electron chi connectivity index (χ4n) is 3.30. The summed E-state index contributed by atoms with van der Waals surface area (Å²) in [6.45, 7) is 0.864. The van der Waals surface area contributed by atoms with Gasteiger partial charge in [-0.1, -0.05) is 0 Å². The monoisotopic (exact) mass is 454 g/mol. The lowest BCUT2D eigenvalue weighted by Crippen LogP contribution is -2.43. The second-order valence-electron chi connectivity index (χ2n) is 7.07. The van der Waals surface area contributed by atoms with E-state index in [-0.39, 0.29) is 29.8 Å². The zero-order valence-electron chi connectivity index (χ0n) is 17.0. The number of benzene rings is 2. The largest absolute Gasteiger partial charge is 0.497 e. The molecule has 1 fully saturated rings. The second kappa shape index (κ2) is 10.1. The summed E-state index contributed by atoms with van der Waals surface area (Å²) in [5.41, 5.74) is 0. The van der Waals surface area contributed by atoms with Crippen LogP contribution in [0.4, 0.5) is 8.78 Å². The molecule has 1 aliphatic rings. The summed E-state index contributed by atoms with van der Waals surface area (Å²) >= 11 is 0. The van der Waals surface area contributed by atoms with Crippen molar-refractivity contribution in [2.24, 2.45) is 5.92 Å². The number of sulfonamides is 1. The molecule has 0 aliphatic carbocycles. The molecule has 7 nitrogen and oxygen atoms in total. The number of ether oxygens (including phenoxy) is 2. The molecule has 0 aromatic heterocycles. The van der Waals surface area contributed by atoms with E-state index in [4.69, 9.17) is 9.47 Å². The number of nitrogens with one attached hydrogen (secondary N) is 1. The van der Waals surface area contributed by atoms with E-state index < -0.39 is 21.7 Å². The highest BCUT2D eigenvalue weighted by Crippen LogP contribution is 2.25. The molecule has 0 unspecified atom stereocenters. The summed E-state index contributed by atoms with van der Waals surface area (Å²) in [5, 5.41) is 2.80. The molecule has 168 valence electrons. The number of nitrogens with zero attached hydrogens (tertiary/aromatic N) is 1. The Labute approximate surface area is 180 Å². The van der Waals surface area contributed by atoms with Gasteiger partial charge in [-0.3, -0.25) is 4.79 Å². The molecule has 0 bridgehead atoms. The number of hydrogen-bond donors (Lipinski definition) is 1. The molecule has 2 aromatic carbocycles. The Morgan fingerprint density at radius 2 is 1.71 bits per heavy atom. The topological polar surface area (TPSA) is 84.9 Å². The Hall–Kier alpha value is -2.72. The Morgan fingerprint density at radius 3 is 2.32 bits per heavy atom. The van der Waals surface area contributed by atoms with Gasteiger partial charge in [-0.25, -0.2) is 17.2 Å². The molecule has 1 amide bonds. The molecule has 1 aliphatic heterocycles. The van der Waals surface area contributed by atoms with Crippen LogP contribution in [0.5, 0.6) is 11.5 Å². The number of piperidine rings is 1. The zero-order chi connectivity index (χ0) is 22.4. The van der Waals surface area contributed by atoms with Crippen molar-refractivity contribution in [3.63, 3.8) is 0 Å². The predicted octanol–water partition coefficient (Wildman–Crippen LogP) is 2.57. The van der Waals surface area contributed by atoms with Gasteiger partial charge in [0.15, 0.2) is 11.6 Å². The minimum absolute atomic E-state index is 0.127. The lowest BCUT2D eigenvalue weighted by Gasteiger charge is -2.30. The molecule has 1 heterocycles. The van der Waals surface area contributed by atoms with Crippen molar-refractivity contribution in [3.8, 4) is 11.5 Å². The molecule has 0 radical (unpaired) electrons. The van der Waals surface area contributed by atoms with Gasteiger partial charge in [0.05, 0.1) is 18.6 Å². The van der Waals surface area contributed by atoms with Gasteiger partial charge in [0.1, 0.15) is 18.1 Å². The summed E-state index contributed by atoms with van der Waals surface area (Å²) in [4.78, 5) is 12.1. The van der Waals surface area contributed by atoms with Gasteiger partial charge in [-0.15, -0.1) is 0 Å². The van der Waals surface area contributed by atoms with Gasteiger partial charge in [0, 0.05) is 19.0 Å². The Balaban J connectivity index is 1.44. The van der Waals surface area contributed by atoms with Crippen LogP contribution in [-0.4, -0.2) is 52.0 Å². The van der Waals surface area contributed by atoms with Gasteiger partial charge < -0.3 is 14.8 Å². The van der Waals surface area contributed by atoms with E-state index in [0.717, 1.165) is 17.9 Å². The molecule has 2 aromatic rings. The third kappa shape index (κ3) is 5.71. The fourth-order valence-corrected chi connectivity index (χ4v) is 4.79. The van der Waals surface area contributed by atoms with E-state index in [1.54, 1.807) is 31.4 Å². The number of methoxy groups -OCH3 is 1. The Morgan fingerprint density at radius 1 is 1.06 bits per heavy atom. The second-order valence-corrected chi connectivity index (χ2v) is 9.01. The van der Waals surface area contributed by atoms with Gasteiger partial charge in [0.25, 0.3) is 0 Å². The van der Waals surface area contributed by atoms with E-state index in [9.17, 15) is 22.0 Å². The lowest BCUT2D eigenvalue weighted by molar-refractivity contribution is -0.126. The van der Waals surface area contributed by atoms with Crippen LogP contribution in [0.15, 0.2) is 47.4 Å². The average Bonchev–Trinajstić information content (AvgIpc) is 2.78. The molecule has 31 heavy (non-hydrogen) atoms. The SMILES string of the molecule is COc1ccc(OCCNC(=O)C2CCN(S(=O)(=O)c3ccc(F)c(F)c3)CC2)cc1. The lowest BCUT2D eigenvalue weighted by atomic mass is 9.97. The normalized spacial score (nSPS) is 15.5. The van der Waals surface area contributed by atoms with Crippen molar-refractivity contribution in [3.05, 3.63) is 54.1 Å². The summed E-state index contributed by atoms with van der Waals surface area (Å²) in [5.74, 6) is -1.43. The maximum atomic E-state index is 13.4. The van der Waals surface area contributed by atoms with Crippen LogP contribution in [-0.2, 0) is 14.8 Å². The molecule has 3 rings (SSSR count). The maximum absolute atomic E-state index is 13.4. The van der Waals surface area contributed by atoms with Crippen LogP contribution in [0.1, 0.15) is 12.8 Å². The fraction of sp³-hybridized carbons (Fsp3) is 0.381. The van der Waals surface area contributed by atoms with Gasteiger partial charge in [-0.2, -0.15) is 4.31 Å². The molecule has 1 saturated heterocycles. The highest BCUT2D eigenvalue weighted by molar-refractivity contribution is 7.89. The predicted molar refractivity (Wildman–Crippen MR) is 109 cm³/mol. The number of amides is 1. The number of carbonyl (C=O) groups is 1. The molecule has 10 heteroatoms. The first-order valence-corrected chi connectivity index (χ1v) is 11.2. The van der Waals surface area contributed by atoms with Crippen molar-refractivity contribution in [1.29, 1.82) is 0 Å². The van der Waals surface area contributed by atoms with Crippen molar-refractivity contribution in [1.82, 2.24) is 9.62 Å². The number of hydrogen-bond acceptors (Lipinski definition) is 5.